The van der Waals surface area contributed by atoms with E-state index in [4.69, 9.17) is 5.73 Å². The number of nitrogens with two attached hydrogens (primary N) is 1. The predicted molar refractivity (Wildman–Crippen MR) is 35.3 cm³/mol. The first-order valence-corrected chi connectivity index (χ1v) is 3.74. The van der Waals surface area contributed by atoms with E-state index in [-0.39, 0.29) is 6.54 Å². The Kier molecular flexibility index (Phi) is 4.35. The summed E-state index contributed by atoms with van der Waals surface area (Å²) >= 11 is 0. The van der Waals surface area contributed by atoms with Gasteiger partial charge in [0.2, 0.25) is 0 Å². The first kappa shape index (κ1) is 14.4. The number of rotatable bonds is 4. The van der Waals surface area contributed by atoms with Crippen molar-refractivity contribution in [1.82, 2.24) is 0 Å². The number of hydrogen-bond donors (Lipinski definition) is 1. The molecule has 0 rings (SSSR count). The van der Waals surface area contributed by atoms with Crippen LogP contribution in [-0.2, 0) is 4.74 Å². The Morgan fingerprint density at radius 1 is 0.933 bits per heavy atom. The minimum atomic E-state index is -5.75. The van der Waals surface area contributed by atoms with Crippen molar-refractivity contribution < 1.29 is 35.5 Å². The van der Waals surface area contributed by atoms with Gasteiger partial charge in [-0.1, -0.05) is 0 Å². The molecule has 2 N–H and O–H groups in total. The minimum Gasteiger partial charge on any atom is -0.330 e. The molecule has 0 saturated carbocycles. The third kappa shape index (κ3) is 4.65. The van der Waals surface area contributed by atoms with E-state index in [2.05, 4.69) is 4.74 Å². The molecule has 15 heavy (non-hydrogen) atoms. The third-order valence-corrected chi connectivity index (χ3v) is 1.40. The van der Waals surface area contributed by atoms with Crippen LogP contribution in [0.5, 0.6) is 0 Å². The summed E-state index contributed by atoms with van der Waals surface area (Å²) in [6.07, 6.45) is -13.5. The number of hydrogen-bond acceptors (Lipinski definition) is 2. The van der Waals surface area contributed by atoms with E-state index in [0.717, 1.165) is 0 Å². The molecule has 9 heteroatoms. The maximum Gasteiger partial charge on any atom is 0.525 e. The number of alkyl halides is 7. The van der Waals surface area contributed by atoms with Crippen LogP contribution in [0.2, 0.25) is 0 Å². The molecule has 2 nitrogen and oxygen atoms in total. The fraction of sp³-hybridized carbons (Fsp3) is 1.00. The van der Waals surface area contributed by atoms with Crippen LogP contribution in [0.25, 0.3) is 0 Å². The van der Waals surface area contributed by atoms with Crippen LogP contribution in [0.1, 0.15) is 12.8 Å². The molecule has 92 valence electrons. The monoisotopic (exact) mass is 243 g/mol. The summed E-state index contributed by atoms with van der Waals surface area (Å²) in [6.45, 7) is -0.372. The molecule has 0 spiro atoms. The Labute approximate surface area is 80.2 Å². The van der Waals surface area contributed by atoms with Crippen LogP contribution in [-0.4, -0.2) is 24.9 Å². The highest BCUT2D eigenvalue weighted by molar-refractivity contribution is 4.78. The van der Waals surface area contributed by atoms with Crippen LogP contribution in [0, 0.1) is 0 Å². The lowest BCUT2D eigenvalue weighted by Gasteiger charge is -2.28. The second-order valence-electron chi connectivity index (χ2n) is 2.67. The van der Waals surface area contributed by atoms with Gasteiger partial charge < -0.3 is 5.73 Å². The summed E-state index contributed by atoms with van der Waals surface area (Å²) in [7, 11) is 0. The molecule has 1 unspecified atom stereocenters. The molecule has 0 amide bonds. The van der Waals surface area contributed by atoms with Crippen molar-refractivity contribution in [2.75, 3.05) is 6.54 Å². The van der Waals surface area contributed by atoms with Gasteiger partial charge in [0.25, 0.3) is 0 Å². The zero-order chi connectivity index (χ0) is 12.3. The van der Waals surface area contributed by atoms with E-state index in [0.29, 0.717) is 0 Å². The van der Waals surface area contributed by atoms with Crippen LogP contribution in [0.15, 0.2) is 0 Å². The van der Waals surface area contributed by atoms with E-state index in [1.165, 1.54) is 0 Å². The Bertz CT molecular complexity index is 201. The van der Waals surface area contributed by atoms with Crippen LogP contribution in [0.3, 0.4) is 0 Å². The Morgan fingerprint density at radius 2 is 1.40 bits per heavy atom. The number of halogens is 7. The van der Waals surface area contributed by atoms with Crippen molar-refractivity contribution in [1.29, 1.82) is 0 Å². The van der Waals surface area contributed by atoms with Gasteiger partial charge in [-0.05, 0) is 13.0 Å². The quantitative estimate of drug-likeness (QED) is 0.770. The zero-order valence-electron chi connectivity index (χ0n) is 7.25. The predicted octanol–water partition coefficient (Wildman–Crippen LogP) is 2.49. The Balaban J connectivity index is 4.71. The summed E-state index contributed by atoms with van der Waals surface area (Å²) < 4.78 is 85.6. The highest BCUT2D eigenvalue weighted by atomic mass is 19.4. The fourth-order valence-corrected chi connectivity index (χ4v) is 0.764. The van der Waals surface area contributed by atoms with Gasteiger partial charge in [0.05, 0.1) is 0 Å². The summed E-state index contributed by atoms with van der Waals surface area (Å²) in [6, 6.07) is 0. The summed E-state index contributed by atoms with van der Waals surface area (Å²) in [5.74, 6) is -4.73. The van der Waals surface area contributed by atoms with Crippen LogP contribution in [0.4, 0.5) is 30.7 Å². The molecule has 0 saturated heterocycles. The average molecular weight is 243 g/mol. The Hall–Kier alpha value is -0.570. The molecule has 0 heterocycles. The molecular weight excluding hydrogens is 235 g/mol. The fourth-order valence-electron chi connectivity index (χ4n) is 0.764. The molecule has 0 bridgehead atoms. The molecular formula is C6H8F7NO. The van der Waals surface area contributed by atoms with Gasteiger partial charge in [-0.2, -0.15) is 13.2 Å². The Morgan fingerprint density at radius 3 is 1.67 bits per heavy atom. The molecule has 0 aromatic carbocycles. The smallest absolute Gasteiger partial charge is 0.330 e. The molecule has 1 atom stereocenters. The van der Waals surface area contributed by atoms with E-state index < -0.39 is 31.2 Å². The summed E-state index contributed by atoms with van der Waals surface area (Å²) in [5.41, 5.74) is 4.77. The van der Waals surface area contributed by atoms with Gasteiger partial charge in [0.15, 0.2) is 0 Å². The van der Waals surface area contributed by atoms with Crippen molar-refractivity contribution in [2.24, 2.45) is 5.73 Å². The van der Waals surface area contributed by atoms with Crippen LogP contribution >= 0.6 is 0 Å². The lowest BCUT2D eigenvalue weighted by molar-refractivity contribution is -0.449. The maximum atomic E-state index is 12.9. The van der Waals surface area contributed by atoms with Gasteiger partial charge in [0, 0.05) is 6.42 Å². The lowest BCUT2D eigenvalue weighted by atomic mass is 10.1. The highest BCUT2D eigenvalue weighted by Gasteiger charge is 2.61. The maximum absolute atomic E-state index is 12.9. The van der Waals surface area contributed by atoms with Crippen molar-refractivity contribution in [3.63, 3.8) is 0 Å². The largest absolute Gasteiger partial charge is 0.525 e. The van der Waals surface area contributed by atoms with E-state index >= 15 is 0 Å². The molecule has 0 aromatic heterocycles. The molecule has 0 aromatic rings. The second kappa shape index (κ2) is 4.52. The van der Waals surface area contributed by atoms with E-state index in [1.54, 1.807) is 0 Å². The van der Waals surface area contributed by atoms with E-state index in [9.17, 15) is 30.7 Å². The number of ether oxygens (including phenoxy) is 1. The van der Waals surface area contributed by atoms with Gasteiger partial charge >= 0.3 is 18.4 Å². The van der Waals surface area contributed by atoms with Crippen molar-refractivity contribution >= 4 is 0 Å². The summed E-state index contributed by atoms with van der Waals surface area (Å²) in [5, 5.41) is 0. The molecule has 0 radical (unpaired) electrons. The minimum absolute atomic E-state index is 0.372. The van der Waals surface area contributed by atoms with Crippen molar-refractivity contribution in [3.8, 4) is 0 Å². The average Bonchev–Trinajstić information content (AvgIpc) is 1.95. The van der Waals surface area contributed by atoms with Crippen molar-refractivity contribution in [2.45, 2.75) is 31.2 Å². The lowest BCUT2D eigenvalue weighted by Crippen LogP contribution is -2.47. The van der Waals surface area contributed by atoms with Gasteiger partial charge in [-0.15, -0.1) is 13.2 Å². The van der Waals surface area contributed by atoms with Gasteiger partial charge in [-0.25, -0.2) is 9.13 Å². The van der Waals surface area contributed by atoms with Gasteiger partial charge in [-0.3, -0.25) is 0 Å². The first-order chi connectivity index (χ1) is 6.52. The van der Waals surface area contributed by atoms with Crippen LogP contribution < -0.4 is 5.73 Å². The second-order valence-corrected chi connectivity index (χ2v) is 2.67. The zero-order valence-corrected chi connectivity index (χ0v) is 7.25. The highest BCUT2D eigenvalue weighted by Crippen LogP contribution is 2.42. The third-order valence-electron chi connectivity index (χ3n) is 1.40. The standard InChI is InChI=1S/C6H8F7NO/c7-4(2-1-3-14,5(8,9)10)15-6(11,12)13/h1-3,14H2. The molecule has 0 aliphatic heterocycles. The van der Waals surface area contributed by atoms with E-state index in [1.807, 2.05) is 0 Å². The SMILES string of the molecule is NCCCC(F)(OC(F)(F)F)C(F)(F)F. The topological polar surface area (TPSA) is 35.2 Å². The molecule has 0 aliphatic carbocycles. The molecule has 0 aliphatic rings. The first-order valence-electron chi connectivity index (χ1n) is 3.74. The summed E-state index contributed by atoms with van der Waals surface area (Å²) in [4.78, 5) is 0. The van der Waals surface area contributed by atoms with Gasteiger partial charge in [0.1, 0.15) is 0 Å². The molecule has 0 fully saturated rings. The van der Waals surface area contributed by atoms with Crippen molar-refractivity contribution in [3.05, 3.63) is 0 Å². The normalized spacial score (nSPS) is 17.6.